The van der Waals surface area contributed by atoms with E-state index in [1.165, 1.54) is 0 Å². The highest BCUT2D eigenvalue weighted by molar-refractivity contribution is 5.78. The highest BCUT2D eigenvalue weighted by atomic mass is 16.5. The molecule has 0 radical (unpaired) electrons. The molecule has 0 aliphatic rings. The van der Waals surface area contributed by atoms with Gasteiger partial charge in [-0.2, -0.15) is 0 Å². The van der Waals surface area contributed by atoms with E-state index in [0.29, 0.717) is 11.3 Å². The topological polar surface area (TPSA) is 72.5 Å². The second-order valence-electron chi connectivity index (χ2n) is 3.88. The highest BCUT2D eigenvalue weighted by Gasteiger charge is 2.15. The van der Waals surface area contributed by atoms with Gasteiger partial charge in [0.25, 0.3) is 5.91 Å². The fourth-order valence-electron chi connectivity index (χ4n) is 1.35. The summed E-state index contributed by atoms with van der Waals surface area (Å²) in [4.78, 5) is 10.9. The molecule has 2 atom stereocenters. The number of carbonyl (C=O) groups excluding carboxylic acids is 1. The Hall–Kier alpha value is -1.55. The average molecular weight is 223 g/mol. The Bertz CT molecular complexity index is 388. The van der Waals surface area contributed by atoms with E-state index in [4.69, 9.17) is 10.5 Å². The molecular weight excluding hydrogens is 206 g/mol. The van der Waals surface area contributed by atoms with Crippen LogP contribution in [0.2, 0.25) is 0 Å². The molecule has 0 fully saturated rings. The van der Waals surface area contributed by atoms with Crippen LogP contribution in [0.4, 0.5) is 0 Å². The number of aliphatic hydroxyl groups is 1. The van der Waals surface area contributed by atoms with Gasteiger partial charge < -0.3 is 15.6 Å². The minimum atomic E-state index is -0.708. The van der Waals surface area contributed by atoms with Crippen molar-refractivity contribution in [3.63, 3.8) is 0 Å². The summed E-state index contributed by atoms with van der Waals surface area (Å²) >= 11 is 0. The van der Waals surface area contributed by atoms with Gasteiger partial charge in [-0.25, -0.2) is 0 Å². The van der Waals surface area contributed by atoms with Crippen molar-refractivity contribution < 1.29 is 14.6 Å². The third-order valence-corrected chi connectivity index (χ3v) is 2.32. The molecule has 0 saturated carbocycles. The van der Waals surface area contributed by atoms with Gasteiger partial charge in [-0.1, -0.05) is 11.6 Å². The fourth-order valence-corrected chi connectivity index (χ4v) is 1.35. The number of hydrogen-bond donors (Lipinski definition) is 2. The highest BCUT2D eigenvalue weighted by Crippen LogP contribution is 2.26. The van der Waals surface area contributed by atoms with Crippen molar-refractivity contribution >= 4 is 5.91 Å². The number of rotatable bonds is 4. The zero-order chi connectivity index (χ0) is 12.3. The van der Waals surface area contributed by atoms with E-state index in [1.807, 2.05) is 19.1 Å². The van der Waals surface area contributed by atoms with Gasteiger partial charge in [0.2, 0.25) is 0 Å². The smallest absolute Gasteiger partial charge is 0.258 e. The standard InChI is InChI=1S/C12H17NO3/c1-7-4-5-11(10(6-7)8(2)14)16-9(3)12(13)15/h4-6,8-9,14H,1-3H3,(H2,13,15). The molecule has 3 N–H and O–H groups in total. The normalized spacial score (nSPS) is 14.2. The van der Waals surface area contributed by atoms with E-state index >= 15 is 0 Å². The van der Waals surface area contributed by atoms with Crippen LogP contribution >= 0.6 is 0 Å². The van der Waals surface area contributed by atoms with Gasteiger partial charge >= 0.3 is 0 Å². The number of carbonyl (C=O) groups is 1. The number of amides is 1. The summed E-state index contributed by atoms with van der Waals surface area (Å²) in [7, 11) is 0. The number of hydrogen-bond acceptors (Lipinski definition) is 3. The minimum Gasteiger partial charge on any atom is -0.481 e. The van der Waals surface area contributed by atoms with Crippen LogP contribution in [0.1, 0.15) is 31.1 Å². The summed E-state index contributed by atoms with van der Waals surface area (Å²) in [6.07, 6.45) is -1.35. The maximum absolute atomic E-state index is 10.9. The van der Waals surface area contributed by atoms with Gasteiger partial charge in [0.1, 0.15) is 5.75 Å². The third-order valence-electron chi connectivity index (χ3n) is 2.32. The first-order valence-electron chi connectivity index (χ1n) is 5.16. The minimum absolute atomic E-state index is 0.493. The van der Waals surface area contributed by atoms with Crippen LogP contribution in [-0.2, 0) is 4.79 Å². The van der Waals surface area contributed by atoms with Crippen molar-refractivity contribution in [3.8, 4) is 5.75 Å². The van der Waals surface area contributed by atoms with Gasteiger partial charge in [-0.05, 0) is 32.9 Å². The molecular formula is C12H17NO3. The molecule has 1 aromatic carbocycles. The first kappa shape index (κ1) is 12.5. The monoisotopic (exact) mass is 223 g/mol. The van der Waals surface area contributed by atoms with Crippen LogP contribution < -0.4 is 10.5 Å². The molecule has 0 aliphatic heterocycles. The molecule has 0 spiro atoms. The van der Waals surface area contributed by atoms with Crippen molar-refractivity contribution in [1.29, 1.82) is 0 Å². The van der Waals surface area contributed by atoms with Gasteiger partial charge in [0.15, 0.2) is 6.10 Å². The van der Waals surface area contributed by atoms with Crippen LogP contribution in [0.15, 0.2) is 18.2 Å². The van der Waals surface area contributed by atoms with E-state index in [9.17, 15) is 9.90 Å². The van der Waals surface area contributed by atoms with Gasteiger partial charge in [0, 0.05) is 5.56 Å². The maximum Gasteiger partial charge on any atom is 0.258 e. The van der Waals surface area contributed by atoms with Crippen molar-refractivity contribution in [2.75, 3.05) is 0 Å². The lowest BCUT2D eigenvalue weighted by Gasteiger charge is -2.17. The van der Waals surface area contributed by atoms with E-state index in [2.05, 4.69) is 0 Å². The maximum atomic E-state index is 10.9. The molecule has 0 heterocycles. The van der Waals surface area contributed by atoms with Crippen molar-refractivity contribution in [2.24, 2.45) is 5.73 Å². The zero-order valence-electron chi connectivity index (χ0n) is 9.73. The van der Waals surface area contributed by atoms with Crippen molar-refractivity contribution in [3.05, 3.63) is 29.3 Å². The van der Waals surface area contributed by atoms with Crippen LogP contribution in [0, 0.1) is 6.92 Å². The summed E-state index contributed by atoms with van der Waals surface area (Å²) in [6, 6.07) is 5.42. The molecule has 0 aromatic heterocycles. The molecule has 1 amide bonds. The number of primary amides is 1. The number of aliphatic hydroxyl groups excluding tert-OH is 1. The van der Waals surface area contributed by atoms with E-state index in [0.717, 1.165) is 5.56 Å². The van der Waals surface area contributed by atoms with E-state index in [-0.39, 0.29) is 0 Å². The first-order chi connectivity index (χ1) is 7.41. The molecule has 0 bridgehead atoms. The average Bonchev–Trinajstić information content (AvgIpc) is 2.20. The second kappa shape index (κ2) is 4.99. The Morgan fingerprint density at radius 3 is 2.56 bits per heavy atom. The molecule has 88 valence electrons. The number of benzene rings is 1. The van der Waals surface area contributed by atoms with Crippen LogP contribution in [0.25, 0.3) is 0 Å². The zero-order valence-corrected chi connectivity index (χ0v) is 9.73. The molecule has 4 heteroatoms. The van der Waals surface area contributed by atoms with Gasteiger partial charge in [0.05, 0.1) is 6.10 Å². The van der Waals surface area contributed by atoms with Crippen LogP contribution in [-0.4, -0.2) is 17.1 Å². The number of ether oxygens (including phenoxy) is 1. The lowest BCUT2D eigenvalue weighted by molar-refractivity contribution is -0.124. The molecule has 2 unspecified atom stereocenters. The molecule has 0 aliphatic carbocycles. The van der Waals surface area contributed by atoms with Crippen molar-refractivity contribution in [2.45, 2.75) is 33.0 Å². The lowest BCUT2D eigenvalue weighted by atomic mass is 10.1. The number of aryl methyl sites for hydroxylation is 1. The predicted octanol–water partition coefficient (Wildman–Crippen LogP) is 1.30. The summed E-state index contributed by atoms with van der Waals surface area (Å²) in [5.41, 5.74) is 6.80. The Balaban J connectivity index is 2.99. The Morgan fingerprint density at radius 2 is 2.06 bits per heavy atom. The lowest BCUT2D eigenvalue weighted by Crippen LogP contribution is -2.31. The van der Waals surface area contributed by atoms with Gasteiger partial charge in [-0.15, -0.1) is 0 Å². The van der Waals surface area contributed by atoms with E-state index in [1.54, 1.807) is 19.9 Å². The van der Waals surface area contributed by atoms with Crippen LogP contribution in [0.5, 0.6) is 5.75 Å². The summed E-state index contributed by atoms with van der Waals surface area (Å²) in [5, 5.41) is 9.58. The molecule has 4 nitrogen and oxygen atoms in total. The Morgan fingerprint density at radius 1 is 1.44 bits per heavy atom. The predicted molar refractivity (Wildman–Crippen MR) is 61.1 cm³/mol. The van der Waals surface area contributed by atoms with Crippen LogP contribution in [0.3, 0.4) is 0 Å². The van der Waals surface area contributed by atoms with Gasteiger partial charge in [-0.3, -0.25) is 4.79 Å². The number of nitrogens with two attached hydrogens (primary N) is 1. The quantitative estimate of drug-likeness (QED) is 0.808. The Labute approximate surface area is 95.0 Å². The molecule has 1 rings (SSSR count). The summed E-state index contributed by atoms with van der Waals surface area (Å²) in [6.45, 7) is 5.15. The third kappa shape index (κ3) is 2.97. The first-order valence-corrected chi connectivity index (χ1v) is 5.16. The summed E-state index contributed by atoms with van der Waals surface area (Å²) in [5.74, 6) is -0.0379. The summed E-state index contributed by atoms with van der Waals surface area (Å²) < 4.78 is 5.39. The SMILES string of the molecule is Cc1ccc(OC(C)C(N)=O)c(C(C)O)c1. The second-order valence-corrected chi connectivity index (χ2v) is 3.88. The fraction of sp³-hybridized carbons (Fsp3) is 0.417. The van der Waals surface area contributed by atoms with Crippen molar-refractivity contribution in [1.82, 2.24) is 0 Å². The Kier molecular flexibility index (Phi) is 3.90. The molecule has 1 aromatic rings. The molecule has 16 heavy (non-hydrogen) atoms. The van der Waals surface area contributed by atoms with E-state index < -0.39 is 18.1 Å². The largest absolute Gasteiger partial charge is 0.481 e. The molecule has 0 saturated heterocycles.